The van der Waals surface area contributed by atoms with E-state index in [-0.39, 0.29) is 11.5 Å². The molecule has 0 N–H and O–H groups in total. The maximum atomic E-state index is 9.13. The molecule has 0 amide bonds. The molecular weight excluding hydrogens is 262 g/mol. The molecule has 3 rings (SSSR count). The molecule has 0 bridgehead atoms. The van der Waals surface area contributed by atoms with Crippen LogP contribution in [0.15, 0.2) is 44.8 Å². The van der Waals surface area contributed by atoms with E-state index in [0.717, 1.165) is 4.88 Å². The highest BCUT2D eigenvalue weighted by atomic mass is 32.1. The monoisotopic (exact) mass is 269 g/mol. The normalized spacial score (nSPS) is 11.4. The Kier molecular flexibility index (Phi) is 2.96. The van der Waals surface area contributed by atoms with Crippen molar-refractivity contribution in [3.8, 4) is 16.8 Å². The summed E-state index contributed by atoms with van der Waals surface area (Å²) in [5, 5.41) is 14.9. The van der Waals surface area contributed by atoms with Crippen molar-refractivity contribution in [3.63, 3.8) is 0 Å². The van der Waals surface area contributed by atoms with E-state index in [1.807, 2.05) is 23.6 Å². The van der Waals surface area contributed by atoms with Crippen LogP contribution >= 0.6 is 11.3 Å². The molecule has 19 heavy (non-hydrogen) atoms. The van der Waals surface area contributed by atoms with Crippen LogP contribution in [0.25, 0.3) is 22.4 Å². The molecule has 0 aliphatic rings. The SMILES string of the molecule is N#C/C(=C\c1ccco1)c1nc(-c2cccs2)no1. The number of aromatic nitrogens is 2. The van der Waals surface area contributed by atoms with Gasteiger partial charge in [-0.25, -0.2) is 0 Å². The van der Waals surface area contributed by atoms with E-state index in [4.69, 9.17) is 14.2 Å². The molecule has 0 spiro atoms. The van der Waals surface area contributed by atoms with E-state index in [0.29, 0.717) is 11.6 Å². The van der Waals surface area contributed by atoms with Crippen molar-refractivity contribution in [2.45, 2.75) is 0 Å². The first-order valence-corrected chi connectivity index (χ1v) is 6.28. The first-order chi connectivity index (χ1) is 9.36. The van der Waals surface area contributed by atoms with Gasteiger partial charge in [0.15, 0.2) is 0 Å². The van der Waals surface area contributed by atoms with E-state index in [2.05, 4.69) is 10.1 Å². The number of nitrogens with zero attached hydrogens (tertiary/aromatic N) is 3. The Morgan fingerprint density at radius 1 is 1.37 bits per heavy atom. The molecule has 6 heteroatoms. The number of rotatable bonds is 3. The van der Waals surface area contributed by atoms with Gasteiger partial charge in [-0.15, -0.1) is 11.3 Å². The number of hydrogen-bond donors (Lipinski definition) is 0. The Morgan fingerprint density at radius 3 is 3.00 bits per heavy atom. The summed E-state index contributed by atoms with van der Waals surface area (Å²) >= 11 is 1.51. The second kappa shape index (κ2) is 4.92. The maximum absolute atomic E-state index is 9.13. The van der Waals surface area contributed by atoms with Crippen molar-refractivity contribution in [1.82, 2.24) is 10.1 Å². The molecule has 3 aromatic rings. The minimum absolute atomic E-state index is 0.183. The van der Waals surface area contributed by atoms with Gasteiger partial charge in [0.25, 0.3) is 5.89 Å². The fourth-order valence-electron chi connectivity index (χ4n) is 1.50. The van der Waals surface area contributed by atoms with Crippen LogP contribution < -0.4 is 0 Å². The summed E-state index contributed by atoms with van der Waals surface area (Å²) in [5.74, 6) is 1.22. The van der Waals surface area contributed by atoms with Crippen molar-refractivity contribution in [2.24, 2.45) is 0 Å². The van der Waals surface area contributed by atoms with Crippen molar-refractivity contribution in [3.05, 3.63) is 47.6 Å². The Balaban J connectivity index is 1.96. The molecule has 0 fully saturated rings. The third-order valence-corrected chi connectivity index (χ3v) is 3.21. The summed E-state index contributed by atoms with van der Waals surface area (Å²) in [4.78, 5) is 5.10. The van der Waals surface area contributed by atoms with Gasteiger partial charge in [0.05, 0.1) is 11.1 Å². The Hall–Kier alpha value is -2.65. The fourth-order valence-corrected chi connectivity index (χ4v) is 2.15. The van der Waals surface area contributed by atoms with Crippen molar-refractivity contribution in [1.29, 1.82) is 5.26 Å². The summed E-state index contributed by atoms with van der Waals surface area (Å²) in [6.45, 7) is 0. The average Bonchev–Trinajstić information content (AvgIpc) is 3.15. The quantitative estimate of drug-likeness (QED) is 0.680. The molecule has 0 aliphatic heterocycles. The van der Waals surface area contributed by atoms with Gasteiger partial charge in [0, 0.05) is 6.08 Å². The van der Waals surface area contributed by atoms with Crippen LogP contribution in [0.5, 0.6) is 0 Å². The molecule has 0 saturated heterocycles. The largest absolute Gasteiger partial charge is 0.465 e. The summed E-state index contributed by atoms with van der Waals surface area (Å²) in [5.41, 5.74) is 0.269. The Morgan fingerprint density at radius 2 is 2.32 bits per heavy atom. The van der Waals surface area contributed by atoms with Gasteiger partial charge in [-0.3, -0.25) is 0 Å². The zero-order valence-corrected chi connectivity index (χ0v) is 10.4. The first kappa shape index (κ1) is 11.4. The molecule has 3 heterocycles. The molecule has 0 unspecified atom stereocenters. The number of furan rings is 1. The molecule has 0 radical (unpaired) electrons. The Bertz CT molecular complexity index is 733. The number of thiophene rings is 1. The molecule has 3 aromatic heterocycles. The van der Waals surface area contributed by atoms with Crippen LogP contribution in [0, 0.1) is 11.3 Å². The van der Waals surface area contributed by atoms with E-state index in [1.54, 1.807) is 18.2 Å². The van der Waals surface area contributed by atoms with Crippen LogP contribution in [0.1, 0.15) is 11.7 Å². The van der Waals surface area contributed by atoms with Crippen molar-refractivity contribution >= 4 is 23.0 Å². The zero-order chi connectivity index (χ0) is 13.1. The van der Waals surface area contributed by atoms with Crippen molar-refractivity contribution in [2.75, 3.05) is 0 Å². The maximum Gasteiger partial charge on any atom is 0.269 e. The van der Waals surface area contributed by atoms with E-state index < -0.39 is 0 Å². The molecule has 0 saturated carbocycles. The lowest BCUT2D eigenvalue weighted by Crippen LogP contribution is -1.81. The molecule has 0 aliphatic carbocycles. The van der Waals surface area contributed by atoms with Crippen LogP contribution in [0.2, 0.25) is 0 Å². The van der Waals surface area contributed by atoms with Gasteiger partial charge in [-0.05, 0) is 23.6 Å². The molecule has 5 nitrogen and oxygen atoms in total. The predicted octanol–water partition coefficient (Wildman–Crippen LogP) is 3.46. The molecule has 0 atom stereocenters. The molecular formula is C13H7N3O2S. The van der Waals surface area contributed by atoms with Crippen LogP contribution in [0.4, 0.5) is 0 Å². The standard InChI is InChI=1S/C13H7N3O2S/c14-8-9(7-10-3-1-5-17-10)13-15-12(16-18-13)11-4-2-6-19-11/h1-7H/b9-7+. The lowest BCUT2D eigenvalue weighted by atomic mass is 10.2. The second-order valence-electron chi connectivity index (χ2n) is 3.59. The number of hydrogen-bond acceptors (Lipinski definition) is 6. The minimum atomic E-state index is 0.183. The lowest BCUT2D eigenvalue weighted by Gasteiger charge is -1.88. The highest BCUT2D eigenvalue weighted by molar-refractivity contribution is 7.13. The first-order valence-electron chi connectivity index (χ1n) is 5.40. The average molecular weight is 269 g/mol. The van der Waals surface area contributed by atoms with Gasteiger partial charge in [-0.2, -0.15) is 10.2 Å². The smallest absolute Gasteiger partial charge is 0.269 e. The van der Waals surface area contributed by atoms with Crippen LogP contribution in [-0.4, -0.2) is 10.1 Å². The number of nitriles is 1. The van der Waals surface area contributed by atoms with Gasteiger partial charge in [0.2, 0.25) is 5.82 Å². The highest BCUT2D eigenvalue weighted by Gasteiger charge is 2.13. The fraction of sp³-hybridized carbons (Fsp3) is 0. The van der Waals surface area contributed by atoms with Crippen LogP contribution in [-0.2, 0) is 0 Å². The van der Waals surface area contributed by atoms with E-state index in [1.165, 1.54) is 17.6 Å². The topological polar surface area (TPSA) is 75.8 Å². The third-order valence-electron chi connectivity index (χ3n) is 2.35. The highest BCUT2D eigenvalue weighted by Crippen LogP contribution is 2.24. The van der Waals surface area contributed by atoms with Crippen LogP contribution in [0.3, 0.4) is 0 Å². The zero-order valence-electron chi connectivity index (χ0n) is 9.61. The summed E-state index contributed by atoms with van der Waals surface area (Å²) in [6, 6.07) is 9.30. The lowest BCUT2D eigenvalue weighted by molar-refractivity contribution is 0.409. The van der Waals surface area contributed by atoms with E-state index >= 15 is 0 Å². The van der Waals surface area contributed by atoms with Crippen molar-refractivity contribution < 1.29 is 8.94 Å². The summed E-state index contributed by atoms with van der Waals surface area (Å²) < 4.78 is 10.3. The number of allylic oxidation sites excluding steroid dienone is 1. The summed E-state index contributed by atoms with van der Waals surface area (Å²) in [7, 11) is 0. The summed E-state index contributed by atoms with van der Waals surface area (Å²) in [6.07, 6.45) is 3.09. The minimum Gasteiger partial charge on any atom is -0.465 e. The van der Waals surface area contributed by atoms with Gasteiger partial charge in [-0.1, -0.05) is 11.2 Å². The van der Waals surface area contributed by atoms with Gasteiger partial charge < -0.3 is 8.94 Å². The third kappa shape index (κ3) is 2.32. The molecule has 0 aromatic carbocycles. The van der Waals surface area contributed by atoms with Gasteiger partial charge in [0.1, 0.15) is 17.4 Å². The van der Waals surface area contributed by atoms with E-state index in [9.17, 15) is 0 Å². The van der Waals surface area contributed by atoms with Gasteiger partial charge >= 0.3 is 0 Å². The predicted molar refractivity (Wildman–Crippen MR) is 69.8 cm³/mol. The second-order valence-corrected chi connectivity index (χ2v) is 4.53. The molecule has 92 valence electrons. The Labute approximate surface area is 112 Å².